The number of Topliss-reactive ketones (excluding diaryl/α,β-unsaturated/α-hetero) is 1. The third-order valence-electron chi connectivity index (χ3n) is 6.31. The van der Waals surface area contributed by atoms with Crippen molar-refractivity contribution in [3.8, 4) is 0 Å². The zero-order chi connectivity index (χ0) is 27.0. The standard InChI is InChI=1S/C24H31F3N4O5S/c25-24(26,27)20(32)16-37-14-6-8-18(22(28)34)30(13-12-29-10-4-1-5-11-29)21(33)15-31-17-7-2-3-9-19(17)36-23(31)35/h2-3,7,9,18H,1,4-6,8,10-16H2,(H2,28,34)/t18-/m0/s1. The van der Waals surface area contributed by atoms with E-state index in [0.717, 1.165) is 44.1 Å². The van der Waals surface area contributed by atoms with Crippen LogP contribution in [-0.4, -0.2) is 81.9 Å². The number of piperidine rings is 1. The number of ketones is 1. The lowest BCUT2D eigenvalue weighted by Crippen LogP contribution is -2.52. The highest BCUT2D eigenvalue weighted by atomic mass is 32.2. The molecule has 0 bridgehead atoms. The van der Waals surface area contributed by atoms with Gasteiger partial charge in [0.15, 0.2) is 5.58 Å². The first-order valence-corrected chi connectivity index (χ1v) is 13.3. The van der Waals surface area contributed by atoms with Crippen LogP contribution in [0.4, 0.5) is 13.2 Å². The van der Waals surface area contributed by atoms with Crippen molar-refractivity contribution >= 4 is 40.5 Å². The van der Waals surface area contributed by atoms with E-state index in [1.54, 1.807) is 24.3 Å². The number of aromatic nitrogens is 1. The van der Waals surface area contributed by atoms with Crippen LogP contribution in [0.1, 0.15) is 32.1 Å². The molecule has 204 valence electrons. The number of fused-ring (bicyclic) bond motifs is 1. The normalized spacial score (nSPS) is 15.5. The monoisotopic (exact) mass is 544 g/mol. The van der Waals surface area contributed by atoms with Gasteiger partial charge in [-0.1, -0.05) is 18.6 Å². The molecule has 0 aliphatic carbocycles. The molecule has 37 heavy (non-hydrogen) atoms. The minimum absolute atomic E-state index is 0.120. The fourth-order valence-electron chi connectivity index (χ4n) is 4.35. The summed E-state index contributed by atoms with van der Waals surface area (Å²) in [5.74, 6) is -4.28. The number of likely N-dealkylation sites (tertiary alicyclic amines) is 1. The molecule has 2 N–H and O–H groups in total. The van der Waals surface area contributed by atoms with Crippen LogP contribution in [0.2, 0.25) is 0 Å². The number of nitrogens with two attached hydrogens (primary N) is 1. The summed E-state index contributed by atoms with van der Waals surface area (Å²) in [6, 6.07) is 5.66. The Bertz CT molecular complexity index is 1140. The Kier molecular flexibility index (Phi) is 10.2. The van der Waals surface area contributed by atoms with E-state index >= 15 is 0 Å². The number of nitrogens with zero attached hydrogens (tertiary/aromatic N) is 3. The fourth-order valence-corrected chi connectivity index (χ4v) is 5.22. The van der Waals surface area contributed by atoms with Gasteiger partial charge in [0.2, 0.25) is 17.6 Å². The summed E-state index contributed by atoms with van der Waals surface area (Å²) in [5, 5.41) is 0. The molecule has 2 heterocycles. The first-order valence-electron chi connectivity index (χ1n) is 12.1. The molecule has 1 aliphatic heterocycles. The second kappa shape index (κ2) is 13.1. The van der Waals surface area contributed by atoms with E-state index in [2.05, 4.69) is 4.90 Å². The Hall–Kier alpha value is -2.80. The highest BCUT2D eigenvalue weighted by Crippen LogP contribution is 2.20. The molecule has 0 saturated carbocycles. The molecule has 2 aromatic rings. The minimum atomic E-state index is -4.88. The third kappa shape index (κ3) is 8.09. The Morgan fingerprint density at radius 1 is 1.14 bits per heavy atom. The summed E-state index contributed by atoms with van der Waals surface area (Å²) in [7, 11) is 0. The Balaban J connectivity index is 1.70. The van der Waals surface area contributed by atoms with Crippen LogP contribution in [0.3, 0.4) is 0 Å². The minimum Gasteiger partial charge on any atom is -0.408 e. The molecule has 1 saturated heterocycles. The van der Waals surface area contributed by atoms with Crippen molar-refractivity contribution in [2.24, 2.45) is 5.73 Å². The summed E-state index contributed by atoms with van der Waals surface area (Å²) in [4.78, 5) is 52.8. The van der Waals surface area contributed by atoms with E-state index in [9.17, 15) is 32.3 Å². The van der Waals surface area contributed by atoms with Crippen molar-refractivity contribution in [3.05, 3.63) is 34.8 Å². The van der Waals surface area contributed by atoms with Crippen LogP contribution in [-0.2, 0) is 20.9 Å². The molecule has 0 radical (unpaired) electrons. The van der Waals surface area contributed by atoms with E-state index in [-0.39, 0.29) is 31.7 Å². The van der Waals surface area contributed by atoms with Gasteiger partial charge in [-0.05, 0) is 56.7 Å². The lowest BCUT2D eigenvalue weighted by atomic mass is 10.1. The molecule has 13 heteroatoms. The van der Waals surface area contributed by atoms with Crippen molar-refractivity contribution in [1.29, 1.82) is 0 Å². The van der Waals surface area contributed by atoms with Gasteiger partial charge in [-0.3, -0.25) is 19.0 Å². The predicted octanol–water partition coefficient (Wildman–Crippen LogP) is 2.41. The van der Waals surface area contributed by atoms with Crippen LogP contribution in [0.15, 0.2) is 33.5 Å². The van der Waals surface area contributed by atoms with Gasteiger partial charge in [0.25, 0.3) is 0 Å². The van der Waals surface area contributed by atoms with Crippen molar-refractivity contribution in [3.63, 3.8) is 0 Å². The number of halogens is 3. The number of oxazole rings is 1. The SMILES string of the molecule is NC(=O)[C@H](CCCSCC(=O)C(F)(F)F)N(CCN1CCCCC1)C(=O)Cn1c(=O)oc2ccccc21. The molecule has 1 fully saturated rings. The summed E-state index contributed by atoms with van der Waals surface area (Å²) < 4.78 is 43.6. The van der Waals surface area contributed by atoms with Gasteiger partial charge in [0.1, 0.15) is 12.6 Å². The molecule has 9 nitrogen and oxygen atoms in total. The summed E-state index contributed by atoms with van der Waals surface area (Å²) in [5.41, 5.74) is 6.43. The lowest BCUT2D eigenvalue weighted by Gasteiger charge is -2.33. The summed E-state index contributed by atoms with van der Waals surface area (Å²) in [6.07, 6.45) is -1.28. The Labute approximate surface area is 216 Å². The molecule has 0 spiro atoms. The van der Waals surface area contributed by atoms with Gasteiger partial charge < -0.3 is 20.0 Å². The second-order valence-electron chi connectivity index (χ2n) is 8.95. The first kappa shape index (κ1) is 28.8. The van der Waals surface area contributed by atoms with Crippen molar-refractivity contribution in [1.82, 2.24) is 14.4 Å². The number of rotatable bonds is 13. The highest BCUT2D eigenvalue weighted by molar-refractivity contribution is 7.99. The van der Waals surface area contributed by atoms with E-state index in [0.29, 0.717) is 17.6 Å². The van der Waals surface area contributed by atoms with Crippen molar-refractivity contribution in [2.45, 2.75) is 50.9 Å². The predicted molar refractivity (Wildman–Crippen MR) is 133 cm³/mol. The zero-order valence-corrected chi connectivity index (χ0v) is 21.2. The van der Waals surface area contributed by atoms with Gasteiger partial charge in [-0.15, -0.1) is 0 Å². The first-order chi connectivity index (χ1) is 17.6. The van der Waals surface area contributed by atoms with Crippen LogP contribution in [0.5, 0.6) is 0 Å². The quantitative estimate of drug-likeness (QED) is 0.385. The molecule has 2 amide bonds. The number of hydrogen-bond donors (Lipinski definition) is 1. The molecular formula is C24H31F3N4O5S. The van der Waals surface area contributed by atoms with Gasteiger partial charge >= 0.3 is 11.9 Å². The maximum absolute atomic E-state index is 13.4. The topological polar surface area (TPSA) is 119 Å². The molecule has 3 rings (SSSR count). The number of carbonyl (C=O) groups excluding carboxylic acids is 3. The van der Waals surface area contributed by atoms with Crippen LogP contribution in [0.25, 0.3) is 11.1 Å². The van der Waals surface area contributed by atoms with Crippen LogP contribution in [0, 0.1) is 0 Å². The molecule has 1 aliphatic rings. The van der Waals surface area contributed by atoms with E-state index in [4.69, 9.17) is 10.2 Å². The maximum atomic E-state index is 13.4. The van der Waals surface area contributed by atoms with Crippen LogP contribution < -0.4 is 11.5 Å². The van der Waals surface area contributed by atoms with Gasteiger partial charge in [0, 0.05) is 13.1 Å². The number of para-hydroxylation sites is 2. The lowest BCUT2D eigenvalue weighted by molar-refractivity contribution is -0.167. The number of thioether (sulfide) groups is 1. The molecule has 1 aromatic carbocycles. The van der Waals surface area contributed by atoms with E-state index in [1.807, 2.05) is 0 Å². The Morgan fingerprint density at radius 2 is 1.84 bits per heavy atom. The number of alkyl halides is 3. The molecule has 1 aromatic heterocycles. The summed E-state index contributed by atoms with van der Waals surface area (Å²) in [6.45, 7) is 2.12. The third-order valence-corrected chi connectivity index (χ3v) is 7.36. The fraction of sp³-hybridized carbons (Fsp3) is 0.583. The number of hydrogen-bond acceptors (Lipinski definition) is 7. The molecule has 1 atom stereocenters. The maximum Gasteiger partial charge on any atom is 0.450 e. The highest BCUT2D eigenvalue weighted by Gasteiger charge is 2.37. The smallest absolute Gasteiger partial charge is 0.408 e. The average molecular weight is 545 g/mol. The van der Waals surface area contributed by atoms with E-state index < -0.39 is 41.3 Å². The second-order valence-corrected chi connectivity index (χ2v) is 10.1. The summed E-state index contributed by atoms with van der Waals surface area (Å²) >= 11 is 0.814. The van der Waals surface area contributed by atoms with Crippen LogP contribution >= 0.6 is 11.8 Å². The van der Waals surface area contributed by atoms with Gasteiger partial charge in [0.05, 0.1) is 11.3 Å². The van der Waals surface area contributed by atoms with Crippen molar-refractivity contribution < 1.29 is 32.0 Å². The van der Waals surface area contributed by atoms with Gasteiger partial charge in [-0.25, -0.2) is 4.79 Å². The molecular weight excluding hydrogens is 513 g/mol. The van der Waals surface area contributed by atoms with Gasteiger partial charge in [-0.2, -0.15) is 24.9 Å². The van der Waals surface area contributed by atoms with E-state index in [1.165, 1.54) is 9.47 Å². The van der Waals surface area contributed by atoms with Crippen molar-refractivity contribution in [2.75, 3.05) is 37.7 Å². The number of amides is 2. The Morgan fingerprint density at radius 3 is 2.51 bits per heavy atom. The number of carbonyl (C=O) groups is 3. The molecule has 0 unspecified atom stereocenters. The number of primary amides is 1. The number of benzene rings is 1. The zero-order valence-electron chi connectivity index (χ0n) is 20.4. The largest absolute Gasteiger partial charge is 0.450 e. The average Bonchev–Trinajstić information content (AvgIpc) is 3.17.